The summed E-state index contributed by atoms with van der Waals surface area (Å²) in [6.07, 6.45) is 0.885. The second kappa shape index (κ2) is 8.03. The van der Waals surface area contributed by atoms with Crippen molar-refractivity contribution in [2.75, 3.05) is 31.7 Å². The molecule has 0 fully saturated rings. The number of anilines is 1. The number of nitrogens with zero attached hydrogens (tertiary/aromatic N) is 3. The van der Waals surface area contributed by atoms with E-state index in [2.05, 4.69) is 20.3 Å². The van der Waals surface area contributed by atoms with Crippen LogP contribution in [0.25, 0.3) is 0 Å². The first-order valence-corrected chi connectivity index (χ1v) is 6.00. The Hall–Kier alpha value is -1.14. The number of ether oxygens (including phenoxy) is 2. The van der Waals surface area contributed by atoms with Crippen LogP contribution in [-0.4, -0.2) is 41.3 Å². The molecule has 0 unspecified atom stereocenters. The molecule has 1 rings (SSSR count). The van der Waals surface area contributed by atoms with Crippen LogP contribution < -0.4 is 10.1 Å². The van der Waals surface area contributed by atoms with Gasteiger partial charge >= 0.3 is 6.01 Å². The summed E-state index contributed by atoms with van der Waals surface area (Å²) in [6, 6.07) is 0.241. The number of aromatic nitrogens is 3. The van der Waals surface area contributed by atoms with E-state index >= 15 is 0 Å². The van der Waals surface area contributed by atoms with Crippen LogP contribution in [0.1, 0.15) is 20.3 Å². The van der Waals surface area contributed by atoms with Crippen molar-refractivity contribution in [3.8, 4) is 6.01 Å². The maximum atomic E-state index is 5.76. The van der Waals surface area contributed by atoms with E-state index in [0.717, 1.165) is 6.42 Å². The highest BCUT2D eigenvalue weighted by molar-refractivity contribution is 6.28. The number of hydrogen-bond donors (Lipinski definition) is 1. The van der Waals surface area contributed by atoms with Crippen molar-refractivity contribution in [1.82, 2.24) is 15.0 Å². The molecule has 0 bridgehead atoms. The number of rotatable bonds is 8. The van der Waals surface area contributed by atoms with E-state index in [4.69, 9.17) is 21.1 Å². The monoisotopic (exact) mass is 260 g/mol. The fourth-order valence-electron chi connectivity index (χ4n) is 1.05. The number of hydrogen-bond acceptors (Lipinski definition) is 6. The van der Waals surface area contributed by atoms with Crippen molar-refractivity contribution in [2.24, 2.45) is 0 Å². The van der Waals surface area contributed by atoms with Gasteiger partial charge in [0.05, 0.1) is 13.2 Å². The molecule has 0 spiro atoms. The third-order valence-corrected chi connectivity index (χ3v) is 1.93. The molecule has 0 aliphatic carbocycles. The van der Waals surface area contributed by atoms with Crippen molar-refractivity contribution in [3.05, 3.63) is 5.28 Å². The molecule has 0 radical (unpaired) electrons. The lowest BCUT2D eigenvalue weighted by molar-refractivity contribution is 0.158. The lowest BCUT2D eigenvalue weighted by atomic mass is 10.5. The first-order chi connectivity index (χ1) is 8.26. The summed E-state index contributed by atoms with van der Waals surface area (Å²) < 4.78 is 10.5. The number of nitrogens with one attached hydrogen (secondary N) is 1. The van der Waals surface area contributed by atoms with Crippen molar-refractivity contribution in [1.29, 1.82) is 0 Å². The Morgan fingerprint density at radius 3 is 2.71 bits per heavy atom. The van der Waals surface area contributed by atoms with E-state index in [1.165, 1.54) is 0 Å². The average molecular weight is 261 g/mol. The van der Waals surface area contributed by atoms with Crippen molar-refractivity contribution in [2.45, 2.75) is 20.3 Å². The van der Waals surface area contributed by atoms with Crippen LogP contribution in [-0.2, 0) is 4.74 Å². The van der Waals surface area contributed by atoms with Gasteiger partial charge in [-0.15, -0.1) is 0 Å². The molecular formula is C10H17ClN4O2. The third-order valence-electron chi connectivity index (χ3n) is 1.76. The molecule has 0 aromatic carbocycles. The minimum atomic E-state index is 0.116. The molecule has 6 nitrogen and oxygen atoms in total. The zero-order valence-corrected chi connectivity index (χ0v) is 10.8. The lowest BCUT2D eigenvalue weighted by Gasteiger charge is -2.07. The zero-order valence-electron chi connectivity index (χ0n) is 10.1. The van der Waals surface area contributed by atoms with Gasteiger partial charge in [0.25, 0.3) is 0 Å². The largest absolute Gasteiger partial charge is 0.463 e. The topological polar surface area (TPSA) is 69.2 Å². The van der Waals surface area contributed by atoms with Gasteiger partial charge in [-0.05, 0) is 24.9 Å². The maximum Gasteiger partial charge on any atom is 0.322 e. The minimum Gasteiger partial charge on any atom is -0.463 e. The van der Waals surface area contributed by atoms with Crippen LogP contribution in [0.2, 0.25) is 5.28 Å². The highest BCUT2D eigenvalue weighted by atomic mass is 35.5. The summed E-state index contributed by atoms with van der Waals surface area (Å²) in [5.74, 6) is 0.399. The molecule has 17 heavy (non-hydrogen) atoms. The Morgan fingerprint density at radius 1 is 1.18 bits per heavy atom. The van der Waals surface area contributed by atoms with Crippen molar-refractivity contribution >= 4 is 17.5 Å². The van der Waals surface area contributed by atoms with E-state index < -0.39 is 0 Å². The van der Waals surface area contributed by atoms with E-state index in [-0.39, 0.29) is 11.3 Å². The summed E-state index contributed by atoms with van der Waals surface area (Å²) in [7, 11) is 0. The zero-order chi connectivity index (χ0) is 12.5. The Bertz CT molecular complexity index is 338. The van der Waals surface area contributed by atoms with Gasteiger partial charge in [0.1, 0.15) is 0 Å². The van der Waals surface area contributed by atoms with Crippen LogP contribution in [0.4, 0.5) is 5.95 Å². The first kappa shape index (κ1) is 13.9. The summed E-state index contributed by atoms with van der Waals surface area (Å²) >= 11 is 5.76. The van der Waals surface area contributed by atoms with Crippen LogP contribution in [0.3, 0.4) is 0 Å². The second-order valence-corrected chi connectivity index (χ2v) is 3.52. The van der Waals surface area contributed by atoms with Gasteiger partial charge in [0.2, 0.25) is 11.2 Å². The Labute approximate surface area is 106 Å². The maximum absolute atomic E-state index is 5.76. The fourth-order valence-corrected chi connectivity index (χ4v) is 1.20. The average Bonchev–Trinajstić information content (AvgIpc) is 2.31. The predicted molar refractivity (Wildman–Crippen MR) is 65.6 cm³/mol. The van der Waals surface area contributed by atoms with Crippen LogP contribution >= 0.6 is 11.6 Å². The van der Waals surface area contributed by atoms with Gasteiger partial charge in [-0.1, -0.05) is 6.92 Å². The quantitative estimate of drug-likeness (QED) is 0.719. The van der Waals surface area contributed by atoms with Crippen LogP contribution in [0.5, 0.6) is 6.01 Å². The normalized spacial score (nSPS) is 10.3. The van der Waals surface area contributed by atoms with Gasteiger partial charge < -0.3 is 14.8 Å². The predicted octanol–water partition coefficient (Wildman–Crippen LogP) is 1.76. The number of halogens is 1. The van der Waals surface area contributed by atoms with Gasteiger partial charge in [0, 0.05) is 13.2 Å². The second-order valence-electron chi connectivity index (χ2n) is 3.18. The Morgan fingerprint density at radius 2 is 2.00 bits per heavy atom. The SMILES string of the molecule is CCCOc1nc(Cl)nc(NCCOCC)n1. The van der Waals surface area contributed by atoms with E-state index in [0.29, 0.717) is 32.3 Å². The van der Waals surface area contributed by atoms with Gasteiger partial charge in [-0.2, -0.15) is 15.0 Å². The highest BCUT2D eigenvalue weighted by Gasteiger charge is 2.05. The molecule has 0 saturated heterocycles. The molecular weight excluding hydrogens is 244 g/mol. The van der Waals surface area contributed by atoms with E-state index in [1.54, 1.807) is 0 Å². The fraction of sp³-hybridized carbons (Fsp3) is 0.700. The van der Waals surface area contributed by atoms with Crippen molar-refractivity contribution < 1.29 is 9.47 Å². The van der Waals surface area contributed by atoms with Crippen molar-refractivity contribution in [3.63, 3.8) is 0 Å². The third kappa shape index (κ3) is 5.65. The summed E-state index contributed by atoms with van der Waals surface area (Å²) in [6.45, 7) is 6.39. The van der Waals surface area contributed by atoms with Gasteiger partial charge in [-0.25, -0.2) is 0 Å². The summed E-state index contributed by atoms with van der Waals surface area (Å²) in [5.41, 5.74) is 0. The molecule has 0 amide bonds. The first-order valence-electron chi connectivity index (χ1n) is 5.62. The molecule has 0 saturated carbocycles. The molecule has 7 heteroatoms. The van der Waals surface area contributed by atoms with Crippen LogP contribution in [0.15, 0.2) is 0 Å². The Kier molecular flexibility index (Phi) is 6.57. The lowest BCUT2D eigenvalue weighted by Crippen LogP contribution is -2.12. The van der Waals surface area contributed by atoms with Crippen LogP contribution in [0, 0.1) is 0 Å². The van der Waals surface area contributed by atoms with Gasteiger partial charge in [0.15, 0.2) is 0 Å². The molecule has 96 valence electrons. The molecule has 1 aromatic heterocycles. The van der Waals surface area contributed by atoms with Gasteiger partial charge in [-0.3, -0.25) is 0 Å². The molecule has 1 aromatic rings. The molecule has 1 N–H and O–H groups in total. The molecule has 1 heterocycles. The summed E-state index contributed by atoms with van der Waals surface area (Å²) in [5, 5.41) is 3.10. The van der Waals surface area contributed by atoms with E-state index in [9.17, 15) is 0 Å². The molecule has 0 aliphatic rings. The summed E-state index contributed by atoms with van der Waals surface area (Å²) in [4.78, 5) is 11.9. The molecule has 0 aliphatic heterocycles. The minimum absolute atomic E-state index is 0.116. The standard InChI is InChI=1S/C10H17ClN4O2/c1-3-6-17-10-14-8(11)13-9(15-10)12-5-7-16-4-2/h3-7H2,1-2H3,(H,12,13,14,15). The Balaban J connectivity index is 2.50. The molecule has 0 atom stereocenters. The smallest absolute Gasteiger partial charge is 0.322 e. The van der Waals surface area contributed by atoms with E-state index in [1.807, 2.05) is 13.8 Å². The highest BCUT2D eigenvalue weighted by Crippen LogP contribution is 2.11.